The van der Waals surface area contributed by atoms with Gasteiger partial charge in [0.25, 0.3) is 5.91 Å². The van der Waals surface area contributed by atoms with E-state index in [1.54, 1.807) is 23.5 Å². The Balaban J connectivity index is 1.10. The van der Waals surface area contributed by atoms with Crippen molar-refractivity contribution in [3.63, 3.8) is 0 Å². The minimum absolute atomic E-state index is 0.140. The van der Waals surface area contributed by atoms with Crippen molar-refractivity contribution in [2.24, 2.45) is 0 Å². The molecule has 0 spiro atoms. The molecule has 7 heteroatoms. The zero-order chi connectivity index (χ0) is 24.7. The van der Waals surface area contributed by atoms with Gasteiger partial charge in [-0.15, -0.1) is 11.3 Å². The number of aromatic nitrogens is 1. The van der Waals surface area contributed by atoms with Gasteiger partial charge in [0, 0.05) is 55.0 Å². The lowest BCUT2D eigenvalue weighted by atomic mass is 10.1. The molecule has 5 rings (SSSR count). The van der Waals surface area contributed by atoms with Crippen LogP contribution in [0.5, 0.6) is 5.75 Å². The van der Waals surface area contributed by atoms with Gasteiger partial charge in [0.2, 0.25) is 0 Å². The summed E-state index contributed by atoms with van der Waals surface area (Å²) >= 11 is 1.61. The van der Waals surface area contributed by atoms with Crippen molar-refractivity contribution in [1.29, 1.82) is 0 Å². The number of carbonyl (C=O) groups excluding carboxylic acids is 1. The van der Waals surface area contributed by atoms with Gasteiger partial charge in [0.15, 0.2) is 0 Å². The molecule has 36 heavy (non-hydrogen) atoms. The minimum atomic E-state index is -0.140. The number of ether oxygens (including phenoxy) is 1. The highest BCUT2D eigenvalue weighted by molar-refractivity contribution is 7.09. The predicted octanol–water partition coefficient (Wildman–Crippen LogP) is 5.61. The zero-order valence-corrected chi connectivity index (χ0v) is 21.2. The third-order valence-corrected chi connectivity index (χ3v) is 7.10. The first-order valence-corrected chi connectivity index (χ1v) is 13.1. The van der Waals surface area contributed by atoms with Crippen molar-refractivity contribution >= 4 is 28.6 Å². The minimum Gasteiger partial charge on any atom is -0.487 e. The van der Waals surface area contributed by atoms with E-state index in [1.807, 2.05) is 36.6 Å². The van der Waals surface area contributed by atoms with E-state index in [1.165, 1.54) is 11.3 Å². The molecule has 1 aliphatic heterocycles. The van der Waals surface area contributed by atoms with Crippen LogP contribution >= 0.6 is 11.3 Å². The summed E-state index contributed by atoms with van der Waals surface area (Å²) in [7, 11) is 0. The van der Waals surface area contributed by atoms with Crippen molar-refractivity contribution in [2.75, 3.05) is 36.4 Å². The predicted molar refractivity (Wildman–Crippen MR) is 146 cm³/mol. The number of rotatable bonds is 8. The Bertz CT molecular complexity index is 1260. The smallest absolute Gasteiger partial charge is 0.255 e. The van der Waals surface area contributed by atoms with E-state index in [9.17, 15) is 4.79 Å². The van der Waals surface area contributed by atoms with Crippen LogP contribution in [-0.2, 0) is 13.2 Å². The number of anilines is 2. The van der Waals surface area contributed by atoms with Crippen LogP contribution in [0.15, 0.2) is 84.2 Å². The number of benzene rings is 3. The lowest BCUT2D eigenvalue weighted by molar-refractivity contribution is 0.102. The highest BCUT2D eigenvalue weighted by Gasteiger charge is 2.17. The van der Waals surface area contributed by atoms with E-state index in [0.29, 0.717) is 17.9 Å². The number of hydrogen-bond donors (Lipinski definition) is 1. The van der Waals surface area contributed by atoms with Gasteiger partial charge in [0.1, 0.15) is 12.4 Å². The summed E-state index contributed by atoms with van der Waals surface area (Å²) in [6.45, 7) is 7.46. The first-order chi connectivity index (χ1) is 17.6. The number of hydrogen-bond acceptors (Lipinski definition) is 6. The summed E-state index contributed by atoms with van der Waals surface area (Å²) in [5.41, 5.74) is 4.83. The second kappa shape index (κ2) is 11.4. The molecule has 1 saturated heterocycles. The molecule has 1 aromatic heterocycles. The number of piperazine rings is 1. The number of amides is 1. The Morgan fingerprint density at radius 1 is 0.944 bits per heavy atom. The Morgan fingerprint density at radius 3 is 2.33 bits per heavy atom. The quantitative estimate of drug-likeness (QED) is 0.342. The second-order valence-electron chi connectivity index (χ2n) is 8.92. The maximum atomic E-state index is 12.7. The first kappa shape index (κ1) is 24.0. The molecule has 0 saturated carbocycles. The molecular formula is C29H30N4O2S. The zero-order valence-electron chi connectivity index (χ0n) is 20.4. The molecule has 184 valence electrons. The Hall–Kier alpha value is -3.68. The molecule has 3 aromatic carbocycles. The van der Waals surface area contributed by atoms with Crippen LogP contribution in [0.1, 0.15) is 26.6 Å². The van der Waals surface area contributed by atoms with Gasteiger partial charge in [-0.2, -0.15) is 0 Å². The molecule has 0 aliphatic carbocycles. The van der Waals surface area contributed by atoms with Crippen LogP contribution in [0.2, 0.25) is 0 Å². The average Bonchev–Trinajstić information content (AvgIpc) is 3.34. The normalized spacial score (nSPS) is 14.0. The van der Waals surface area contributed by atoms with Crippen LogP contribution in [-0.4, -0.2) is 42.0 Å². The second-order valence-corrected chi connectivity index (χ2v) is 9.98. The van der Waals surface area contributed by atoms with Crippen LogP contribution in [0.3, 0.4) is 0 Å². The molecule has 6 nitrogen and oxygen atoms in total. The standard InChI is InChI=1S/C29H30N4O2S/c1-22-30-26(21-36-22)20-35-28-13-7-24(8-14-28)29(34)31-25-9-11-27(12-10-25)33-17-15-32(16-18-33)19-23-5-3-2-4-6-23/h2-14,21H,15-20H2,1H3,(H,31,34). The summed E-state index contributed by atoms with van der Waals surface area (Å²) in [5, 5.41) is 6.01. The summed E-state index contributed by atoms with van der Waals surface area (Å²) in [6.07, 6.45) is 0. The third-order valence-electron chi connectivity index (χ3n) is 6.28. The summed E-state index contributed by atoms with van der Waals surface area (Å²) in [6, 6.07) is 25.9. The van der Waals surface area contributed by atoms with Crippen LogP contribution < -0.4 is 15.0 Å². The van der Waals surface area contributed by atoms with Gasteiger partial charge in [-0.3, -0.25) is 9.69 Å². The van der Waals surface area contributed by atoms with E-state index in [4.69, 9.17) is 4.74 Å². The first-order valence-electron chi connectivity index (χ1n) is 12.2. The number of nitrogens with zero attached hydrogens (tertiary/aromatic N) is 3. The Morgan fingerprint density at radius 2 is 1.67 bits per heavy atom. The monoisotopic (exact) mass is 498 g/mol. The lowest BCUT2D eigenvalue weighted by Gasteiger charge is -2.36. The van der Waals surface area contributed by atoms with Gasteiger partial charge in [-0.1, -0.05) is 30.3 Å². The molecule has 1 aliphatic rings. The SMILES string of the molecule is Cc1nc(COc2ccc(C(=O)Nc3ccc(N4CCN(Cc5ccccc5)CC4)cc3)cc2)cs1. The molecule has 0 unspecified atom stereocenters. The number of aryl methyl sites for hydroxylation is 1. The summed E-state index contributed by atoms with van der Waals surface area (Å²) in [4.78, 5) is 22.0. The number of nitrogens with one attached hydrogen (secondary N) is 1. The van der Waals surface area contributed by atoms with E-state index in [0.717, 1.165) is 49.1 Å². The molecular weight excluding hydrogens is 468 g/mol. The number of carbonyl (C=O) groups is 1. The van der Waals surface area contributed by atoms with Gasteiger partial charge >= 0.3 is 0 Å². The Kier molecular flexibility index (Phi) is 7.59. The molecule has 2 heterocycles. The van der Waals surface area contributed by atoms with Gasteiger partial charge < -0.3 is 15.0 Å². The maximum Gasteiger partial charge on any atom is 0.255 e. The molecule has 0 radical (unpaired) electrons. The van der Waals surface area contributed by atoms with Crippen molar-refractivity contribution in [3.05, 3.63) is 106 Å². The number of thiazole rings is 1. The van der Waals surface area contributed by atoms with Gasteiger partial charge in [0.05, 0.1) is 10.7 Å². The molecule has 0 bridgehead atoms. The fourth-order valence-corrected chi connectivity index (χ4v) is 4.90. The van der Waals surface area contributed by atoms with E-state index < -0.39 is 0 Å². The van der Waals surface area contributed by atoms with Crippen LogP contribution in [0.4, 0.5) is 11.4 Å². The molecule has 1 amide bonds. The topological polar surface area (TPSA) is 57.7 Å². The Labute approximate surface area is 216 Å². The molecule has 4 aromatic rings. The molecule has 1 N–H and O–H groups in total. The molecule has 1 fully saturated rings. The highest BCUT2D eigenvalue weighted by atomic mass is 32.1. The maximum absolute atomic E-state index is 12.7. The van der Waals surface area contributed by atoms with E-state index in [2.05, 4.69) is 62.6 Å². The fourth-order valence-electron chi connectivity index (χ4n) is 4.30. The largest absolute Gasteiger partial charge is 0.487 e. The van der Waals surface area contributed by atoms with E-state index in [-0.39, 0.29) is 5.91 Å². The van der Waals surface area contributed by atoms with Crippen molar-refractivity contribution in [1.82, 2.24) is 9.88 Å². The van der Waals surface area contributed by atoms with Gasteiger partial charge in [-0.25, -0.2) is 4.98 Å². The van der Waals surface area contributed by atoms with E-state index >= 15 is 0 Å². The summed E-state index contributed by atoms with van der Waals surface area (Å²) in [5.74, 6) is 0.573. The van der Waals surface area contributed by atoms with Crippen molar-refractivity contribution < 1.29 is 9.53 Å². The average molecular weight is 499 g/mol. The van der Waals surface area contributed by atoms with Crippen LogP contribution in [0.25, 0.3) is 0 Å². The van der Waals surface area contributed by atoms with Crippen molar-refractivity contribution in [3.8, 4) is 5.75 Å². The highest BCUT2D eigenvalue weighted by Crippen LogP contribution is 2.21. The fraction of sp³-hybridized carbons (Fsp3) is 0.241. The third kappa shape index (κ3) is 6.30. The van der Waals surface area contributed by atoms with Crippen LogP contribution in [0, 0.1) is 6.92 Å². The lowest BCUT2D eigenvalue weighted by Crippen LogP contribution is -2.45. The van der Waals surface area contributed by atoms with Crippen molar-refractivity contribution in [2.45, 2.75) is 20.1 Å². The summed E-state index contributed by atoms with van der Waals surface area (Å²) < 4.78 is 5.77. The molecule has 0 atom stereocenters. The van der Waals surface area contributed by atoms with Gasteiger partial charge in [-0.05, 0) is 61.0 Å².